The Kier molecular flexibility index (Phi) is 4.77. The third-order valence-electron chi connectivity index (χ3n) is 5.56. The zero-order valence-corrected chi connectivity index (χ0v) is 15.1. The lowest BCUT2D eigenvalue weighted by atomic mass is 10.1. The summed E-state index contributed by atoms with van der Waals surface area (Å²) in [6.07, 6.45) is 2.67. The number of amides is 1. The van der Waals surface area contributed by atoms with Crippen molar-refractivity contribution in [3.05, 3.63) is 35.5 Å². The summed E-state index contributed by atoms with van der Waals surface area (Å²) >= 11 is 0. The van der Waals surface area contributed by atoms with Crippen molar-refractivity contribution in [1.82, 2.24) is 19.7 Å². The normalized spacial score (nSPS) is 19.8. The van der Waals surface area contributed by atoms with Crippen LogP contribution in [0.5, 0.6) is 0 Å². The molecule has 25 heavy (non-hydrogen) atoms. The fourth-order valence-electron chi connectivity index (χ4n) is 4.09. The Morgan fingerprint density at radius 3 is 2.40 bits per heavy atom. The van der Waals surface area contributed by atoms with E-state index in [-0.39, 0.29) is 5.91 Å². The lowest BCUT2D eigenvalue weighted by Crippen LogP contribution is -2.47. The minimum Gasteiger partial charge on any atom is -0.357 e. The molecule has 0 spiro atoms. The third-order valence-corrected chi connectivity index (χ3v) is 5.56. The molecule has 1 aromatic carbocycles. The Balaban J connectivity index is 1.40. The molecule has 2 fully saturated rings. The van der Waals surface area contributed by atoms with Gasteiger partial charge in [-0.15, -0.1) is 0 Å². The number of hydrogen-bond donors (Lipinski definition) is 1. The first kappa shape index (κ1) is 16.6. The minimum absolute atomic E-state index is 0.193. The molecule has 134 valence electrons. The van der Waals surface area contributed by atoms with E-state index in [1.165, 1.54) is 48.1 Å². The number of nitrogens with zero attached hydrogens (tertiary/aromatic N) is 3. The van der Waals surface area contributed by atoms with E-state index < -0.39 is 0 Å². The molecule has 1 amide bonds. The van der Waals surface area contributed by atoms with Crippen molar-refractivity contribution in [3.63, 3.8) is 0 Å². The molecule has 5 nitrogen and oxygen atoms in total. The lowest BCUT2D eigenvalue weighted by Gasteiger charge is -2.34. The molecule has 1 aromatic heterocycles. The van der Waals surface area contributed by atoms with Crippen LogP contribution in [0, 0.1) is 0 Å². The Morgan fingerprint density at radius 1 is 0.960 bits per heavy atom. The van der Waals surface area contributed by atoms with Crippen molar-refractivity contribution in [1.29, 1.82) is 0 Å². The molecule has 0 aliphatic carbocycles. The van der Waals surface area contributed by atoms with Crippen LogP contribution in [0.15, 0.2) is 24.3 Å². The Morgan fingerprint density at radius 2 is 1.68 bits per heavy atom. The van der Waals surface area contributed by atoms with Gasteiger partial charge >= 0.3 is 0 Å². The van der Waals surface area contributed by atoms with E-state index in [0.717, 1.165) is 39.3 Å². The van der Waals surface area contributed by atoms with Crippen LogP contribution in [-0.2, 0) is 17.9 Å². The smallest absolute Gasteiger partial charge is 0.219 e. The van der Waals surface area contributed by atoms with Gasteiger partial charge in [0.25, 0.3) is 0 Å². The number of hydrogen-bond acceptors (Lipinski definition) is 3. The fourth-order valence-corrected chi connectivity index (χ4v) is 4.09. The fraction of sp³-hybridized carbons (Fsp3) is 0.550. The van der Waals surface area contributed by atoms with Gasteiger partial charge in [-0.05, 0) is 49.7 Å². The average molecular weight is 340 g/mol. The molecule has 2 aliphatic rings. The molecule has 0 bridgehead atoms. The molecule has 0 unspecified atom stereocenters. The summed E-state index contributed by atoms with van der Waals surface area (Å²) in [6.45, 7) is 9.75. The number of carbonyl (C=O) groups excluding carboxylic acids is 1. The standard InChI is InChI=1S/C20H28N4O/c1-16(25)24-10-8-23(9-11-24)14-17-4-5-20-18(12-17)13-19(21-20)15-22-6-2-3-7-22/h4-5,12-13,21H,2-3,6-11,14-15H2,1H3. The van der Waals surface area contributed by atoms with Crippen molar-refractivity contribution in [2.45, 2.75) is 32.9 Å². The van der Waals surface area contributed by atoms with Crippen LogP contribution < -0.4 is 0 Å². The molecule has 0 saturated carbocycles. The Hall–Kier alpha value is -1.85. The van der Waals surface area contributed by atoms with Gasteiger partial charge < -0.3 is 9.88 Å². The summed E-state index contributed by atoms with van der Waals surface area (Å²) < 4.78 is 0. The molecule has 0 radical (unpaired) electrons. The van der Waals surface area contributed by atoms with E-state index in [1.807, 2.05) is 4.90 Å². The number of aromatic amines is 1. The van der Waals surface area contributed by atoms with E-state index in [1.54, 1.807) is 6.92 Å². The molecule has 2 aromatic rings. The van der Waals surface area contributed by atoms with Gasteiger partial charge in [0.15, 0.2) is 0 Å². The summed E-state index contributed by atoms with van der Waals surface area (Å²) in [6, 6.07) is 9.07. The van der Waals surface area contributed by atoms with Crippen molar-refractivity contribution in [2.24, 2.45) is 0 Å². The van der Waals surface area contributed by atoms with E-state index in [4.69, 9.17) is 0 Å². The first-order valence-corrected chi connectivity index (χ1v) is 9.48. The monoisotopic (exact) mass is 340 g/mol. The second-order valence-corrected chi connectivity index (χ2v) is 7.48. The van der Waals surface area contributed by atoms with Gasteiger partial charge in [0.05, 0.1) is 0 Å². The minimum atomic E-state index is 0.193. The highest BCUT2D eigenvalue weighted by Gasteiger charge is 2.18. The van der Waals surface area contributed by atoms with Crippen LogP contribution in [0.3, 0.4) is 0 Å². The van der Waals surface area contributed by atoms with Crippen LogP contribution in [0.2, 0.25) is 0 Å². The van der Waals surface area contributed by atoms with Crippen molar-refractivity contribution in [2.75, 3.05) is 39.3 Å². The predicted octanol–water partition coefficient (Wildman–Crippen LogP) is 2.43. The topological polar surface area (TPSA) is 42.6 Å². The zero-order chi connectivity index (χ0) is 17.2. The number of rotatable bonds is 4. The molecule has 0 atom stereocenters. The van der Waals surface area contributed by atoms with Crippen LogP contribution in [0.4, 0.5) is 0 Å². The quantitative estimate of drug-likeness (QED) is 0.929. The third kappa shape index (κ3) is 3.88. The molecule has 2 aliphatic heterocycles. The summed E-state index contributed by atoms with van der Waals surface area (Å²) in [5.74, 6) is 0.193. The van der Waals surface area contributed by atoms with Crippen LogP contribution in [-0.4, -0.2) is 64.9 Å². The van der Waals surface area contributed by atoms with Gasteiger partial charge in [0.2, 0.25) is 5.91 Å². The maximum absolute atomic E-state index is 11.4. The molecular weight excluding hydrogens is 312 g/mol. The summed E-state index contributed by atoms with van der Waals surface area (Å²) in [5, 5.41) is 1.31. The number of benzene rings is 1. The number of carbonyl (C=O) groups is 1. The van der Waals surface area contributed by atoms with Crippen LogP contribution in [0.1, 0.15) is 31.0 Å². The maximum Gasteiger partial charge on any atom is 0.219 e. The molecule has 1 N–H and O–H groups in total. The SMILES string of the molecule is CC(=O)N1CCN(Cc2ccc3[nH]c(CN4CCCC4)cc3c2)CC1. The zero-order valence-electron chi connectivity index (χ0n) is 15.1. The number of fused-ring (bicyclic) bond motifs is 1. The van der Waals surface area contributed by atoms with Crippen molar-refractivity contribution >= 4 is 16.8 Å². The van der Waals surface area contributed by atoms with Gasteiger partial charge in [-0.1, -0.05) is 6.07 Å². The second kappa shape index (κ2) is 7.18. The molecule has 2 saturated heterocycles. The maximum atomic E-state index is 11.4. The molecular formula is C20H28N4O. The van der Waals surface area contributed by atoms with Crippen LogP contribution >= 0.6 is 0 Å². The highest BCUT2D eigenvalue weighted by atomic mass is 16.2. The first-order valence-electron chi connectivity index (χ1n) is 9.48. The Bertz CT molecular complexity index is 739. The van der Waals surface area contributed by atoms with E-state index in [9.17, 15) is 4.79 Å². The van der Waals surface area contributed by atoms with Gasteiger partial charge in [-0.25, -0.2) is 0 Å². The number of likely N-dealkylation sites (tertiary alicyclic amines) is 1. The van der Waals surface area contributed by atoms with Crippen molar-refractivity contribution < 1.29 is 4.79 Å². The number of aromatic nitrogens is 1. The summed E-state index contributed by atoms with van der Waals surface area (Å²) in [5.41, 5.74) is 3.92. The highest BCUT2D eigenvalue weighted by Crippen LogP contribution is 2.21. The van der Waals surface area contributed by atoms with Gasteiger partial charge in [0.1, 0.15) is 0 Å². The summed E-state index contributed by atoms with van der Waals surface area (Å²) in [4.78, 5) is 21.9. The molecule has 4 rings (SSSR count). The van der Waals surface area contributed by atoms with E-state index in [2.05, 4.69) is 39.0 Å². The number of nitrogens with one attached hydrogen (secondary N) is 1. The second-order valence-electron chi connectivity index (χ2n) is 7.48. The number of H-pyrrole nitrogens is 1. The largest absolute Gasteiger partial charge is 0.357 e. The van der Waals surface area contributed by atoms with Gasteiger partial charge in [-0.2, -0.15) is 0 Å². The molecule has 3 heterocycles. The predicted molar refractivity (Wildman–Crippen MR) is 100 cm³/mol. The average Bonchev–Trinajstić information content (AvgIpc) is 3.24. The van der Waals surface area contributed by atoms with Crippen LogP contribution in [0.25, 0.3) is 10.9 Å². The highest BCUT2D eigenvalue weighted by molar-refractivity contribution is 5.81. The number of piperazine rings is 1. The first-order chi connectivity index (χ1) is 12.2. The summed E-state index contributed by atoms with van der Waals surface area (Å²) in [7, 11) is 0. The Labute approximate surface area is 149 Å². The van der Waals surface area contributed by atoms with E-state index >= 15 is 0 Å². The van der Waals surface area contributed by atoms with Crippen molar-refractivity contribution in [3.8, 4) is 0 Å². The molecule has 5 heteroatoms. The van der Waals surface area contributed by atoms with E-state index in [0.29, 0.717) is 0 Å². The lowest BCUT2D eigenvalue weighted by molar-refractivity contribution is -0.130. The van der Waals surface area contributed by atoms with Gasteiger partial charge in [-0.3, -0.25) is 14.6 Å². The van der Waals surface area contributed by atoms with Gasteiger partial charge in [0, 0.05) is 62.8 Å².